The average Bonchev–Trinajstić information content (AvgIpc) is 2.79. The van der Waals surface area contributed by atoms with Crippen LogP contribution in [0.15, 0.2) is 53.1 Å². The fraction of sp³-hybridized carbons (Fsp3) is 0. The fourth-order valence-electron chi connectivity index (χ4n) is 2.38. The SMILES string of the molecule is Clc1cccc2oc3c(ccc4cccnc43)c12. The third-order valence-corrected chi connectivity index (χ3v) is 3.50. The maximum Gasteiger partial charge on any atom is 0.161 e. The highest BCUT2D eigenvalue weighted by molar-refractivity contribution is 6.38. The van der Waals surface area contributed by atoms with Crippen molar-refractivity contribution < 1.29 is 4.42 Å². The highest BCUT2D eigenvalue weighted by atomic mass is 35.5. The highest BCUT2D eigenvalue weighted by Crippen LogP contribution is 2.36. The van der Waals surface area contributed by atoms with Crippen molar-refractivity contribution in [2.75, 3.05) is 0 Å². The van der Waals surface area contributed by atoms with E-state index >= 15 is 0 Å². The molecule has 2 nitrogen and oxygen atoms in total. The van der Waals surface area contributed by atoms with Gasteiger partial charge < -0.3 is 4.42 Å². The summed E-state index contributed by atoms with van der Waals surface area (Å²) in [4.78, 5) is 4.40. The van der Waals surface area contributed by atoms with Gasteiger partial charge in [-0.15, -0.1) is 0 Å². The molecule has 2 aromatic carbocycles. The van der Waals surface area contributed by atoms with Crippen molar-refractivity contribution in [3.8, 4) is 0 Å². The van der Waals surface area contributed by atoms with Gasteiger partial charge in [0.2, 0.25) is 0 Å². The van der Waals surface area contributed by atoms with Gasteiger partial charge in [0.05, 0.1) is 5.02 Å². The van der Waals surface area contributed by atoms with E-state index in [0.29, 0.717) is 5.02 Å². The van der Waals surface area contributed by atoms with E-state index in [1.165, 1.54) is 0 Å². The first kappa shape index (κ1) is 9.92. The molecule has 0 aliphatic carbocycles. The molecule has 0 amide bonds. The van der Waals surface area contributed by atoms with Crippen LogP contribution in [0.2, 0.25) is 5.02 Å². The first-order valence-corrected chi connectivity index (χ1v) is 6.07. The zero-order valence-electron chi connectivity index (χ0n) is 9.35. The summed E-state index contributed by atoms with van der Waals surface area (Å²) in [6.07, 6.45) is 1.77. The molecule has 0 unspecified atom stereocenters. The van der Waals surface area contributed by atoms with Crippen molar-refractivity contribution in [1.82, 2.24) is 4.98 Å². The third-order valence-electron chi connectivity index (χ3n) is 3.18. The molecule has 0 bridgehead atoms. The summed E-state index contributed by atoms with van der Waals surface area (Å²) in [6.45, 7) is 0. The van der Waals surface area contributed by atoms with Gasteiger partial charge >= 0.3 is 0 Å². The van der Waals surface area contributed by atoms with Crippen molar-refractivity contribution in [2.45, 2.75) is 0 Å². The van der Waals surface area contributed by atoms with E-state index in [-0.39, 0.29) is 0 Å². The van der Waals surface area contributed by atoms with Crippen molar-refractivity contribution >= 4 is 44.4 Å². The Morgan fingerprint density at radius 2 is 1.94 bits per heavy atom. The second-order valence-electron chi connectivity index (χ2n) is 4.23. The summed E-state index contributed by atoms with van der Waals surface area (Å²) in [5, 5.41) is 3.75. The monoisotopic (exact) mass is 253 g/mol. The first-order valence-electron chi connectivity index (χ1n) is 5.69. The van der Waals surface area contributed by atoms with E-state index in [2.05, 4.69) is 4.98 Å². The number of halogens is 1. The van der Waals surface area contributed by atoms with Crippen molar-refractivity contribution in [3.63, 3.8) is 0 Å². The fourth-order valence-corrected chi connectivity index (χ4v) is 2.65. The molecule has 4 rings (SSSR count). The van der Waals surface area contributed by atoms with Gasteiger partial charge in [0.15, 0.2) is 5.58 Å². The van der Waals surface area contributed by atoms with Crippen LogP contribution in [0.4, 0.5) is 0 Å². The molecule has 0 saturated carbocycles. The Balaban J connectivity index is 2.34. The largest absolute Gasteiger partial charge is 0.454 e. The number of nitrogens with zero attached hydrogens (tertiary/aromatic N) is 1. The predicted octanol–water partition coefficient (Wildman–Crippen LogP) is 4.79. The number of furan rings is 1. The lowest BCUT2D eigenvalue weighted by atomic mass is 10.1. The number of rotatable bonds is 0. The molecule has 2 heterocycles. The van der Waals surface area contributed by atoms with Crippen LogP contribution >= 0.6 is 11.6 Å². The van der Waals surface area contributed by atoms with Crippen molar-refractivity contribution in [3.05, 3.63) is 53.7 Å². The van der Waals surface area contributed by atoms with Gasteiger partial charge in [0.1, 0.15) is 11.1 Å². The lowest BCUT2D eigenvalue weighted by Crippen LogP contribution is -1.77. The third kappa shape index (κ3) is 1.21. The molecule has 4 aromatic rings. The topological polar surface area (TPSA) is 26.0 Å². The maximum atomic E-state index is 6.25. The molecule has 0 fully saturated rings. The van der Waals surface area contributed by atoms with Gasteiger partial charge in [-0.2, -0.15) is 0 Å². The van der Waals surface area contributed by atoms with Gasteiger partial charge in [-0.05, 0) is 24.3 Å². The van der Waals surface area contributed by atoms with Crippen LogP contribution in [0.25, 0.3) is 32.8 Å². The highest BCUT2D eigenvalue weighted by Gasteiger charge is 2.12. The lowest BCUT2D eigenvalue weighted by Gasteiger charge is -1.96. The van der Waals surface area contributed by atoms with Gasteiger partial charge in [0, 0.05) is 22.4 Å². The van der Waals surface area contributed by atoms with Gasteiger partial charge in [0.25, 0.3) is 0 Å². The van der Waals surface area contributed by atoms with E-state index in [0.717, 1.165) is 32.8 Å². The molecule has 0 spiro atoms. The van der Waals surface area contributed by atoms with E-state index in [9.17, 15) is 0 Å². The second kappa shape index (κ2) is 3.47. The Kier molecular flexibility index (Phi) is 1.91. The number of fused-ring (bicyclic) bond motifs is 5. The van der Waals surface area contributed by atoms with Crippen LogP contribution in [0.1, 0.15) is 0 Å². The quantitative estimate of drug-likeness (QED) is 0.450. The van der Waals surface area contributed by atoms with E-state index in [4.69, 9.17) is 16.0 Å². The van der Waals surface area contributed by atoms with Crippen LogP contribution in [-0.4, -0.2) is 4.98 Å². The zero-order chi connectivity index (χ0) is 12.1. The smallest absolute Gasteiger partial charge is 0.161 e. The Bertz CT molecular complexity index is 895. The van der Waals surface area contributed by atoms with Gasteiger partial charge in [-0.1, -0.05) is 29.8 Å². The number of pyridine rings is 1. The molecule has 0 N–H and O–H groups in total. The minimum Gasteiger partial charge on any atom is -0.454 e. The standard InChI is InChI=1S/C15H8ClNO/c16-11-4-1-5-12-13(11)10-7-6-9-3-2-8-17-14(9)15(10)18-12/h1-8H. The molecule has 3 heteroatoms. The molecular weight excluding hydrogens is 246 g/mol. The summed E-state index contributed by atoms with van der Waals surface area (Å²) in [6, 6.07) is 13.7. The molecule has 0 atom stereocenters. The van der Waals surface area contributed by atoms with Crippen molar-refractivity contribution in [1.29, 1.82) is 0 Å². The molecule has 18 heavy (non-hydrogen) atoms. The molecule has 0 saturated heterocycles. The Morgan fingerprint density at radius 3 is 2.89 bits per heavy atom. The summed E-state index contributed by atoms with van der Waals surface area (Å²) in [5.41, 5.74) is 2.48. The predicted molar refractivity (Wildman–Crippen MR) is 74.0 cm³/mol. The van der Waals surface area contributed by atoms with Crippen molar-refractivity contribution in [2.24, 2.45) is 0 Å². The Hall–Kier alpha value is -2.06. The van der Waals surface area contributed by atoms with E-state index in [1.54, 1.807) is 6.20 Å². The molecular formula is C15H8ClNO. The van der Waals surface area contributed by atoms with E-state index < -0.39 is 0 Å². The van der Waals surface area contributed by atoms with Crippen LogP contribution in [0.3, 0.4) is 0 Å². The summed E-state index contributed by atoms with van der Waals surface area (Å²) in [5.74, 6) is 0. The molecule has 86 valence electrons. The molecule has 0 aliphatic rings. The average molecular weight is 254 g/mol. The van der Waals surface area contributed by atoms with Crippen LogP contribution in [0.5, 0.6) is 0 Å². The summed E-state index contributed by atoms with van der Waals surface area (Å²) in [7, 11) is 0. The normalized spacial score (nSPS) is 11.6. The van der Waals surface area contributed by atoms with Crippen LogP contribution < -0.4 is 0 Å². The van der Waals surface area contributed by atoms with Gasteiger partial charge in [-0.3, -0.25) is 4.98 Å². The lowest BCUT2D eigenvalue weighted by molar-refractivity contribution is 0.671. The molecule has 0 radical (unpaired) electrons. The van der Waals surface area contributed by atoms with Gasteiger partial charge in [-0.25, -0.2) is 0 Å². The second-order valence-corrected chi connectivity index (χ2v) is 4.64. The van der Waals surface area contributed by atoms with E-state index in [1.807, 2.05) is 42.5 Å². The summed E-state index contributed by atoms with van der Waals surface area (Å²) < 4.78 is 5.90. The Labute approximate surface area is 108 Å². The van der Waals surface area contributed by atoms with Crippen LogP contribution in [-0.2, 0) is 0 Å². The zero-order valence-corrected chi connectivity index (χ0v) is 10.1. The number of aromatic nitrogens is 1. The molecule has 2 aromatic heterocycles. The first-order chi connectivity index (χ1) is 8.84. The number of hydrogen-bond donors (Lipinski definition) is 0. The van der Waals surface area contributed by atoms with Crippen LogP contribution in [0, 0.1) is 0 Å². The Morgan fingerprint density at radius 1 is 1.00 bits per heavy atom. The minimum absolute atomic E-state index is 0.710. The molecule has 0 aliphatic heterocycles. The number of hydrogen-bond acceptors (Lipinski definition) is 2. The maximum absolute atomic E-state index is 6.25. The number of benzene rings is 2. The summed E-state index contributed by atoms with van der Waals surface area (Å²) >= 11 is 6.25. The minimum atomic E-state index is 0.710.